The molecule has 1 unspecified atom stereocenters. The van der Waals surface area contributed by atoms with Crippen molar-refractivity contribution in [2.24, 2.45) is 16.3 Å². The Morgan fingerprint density at radius 2 is 1.97 bits per heavy atom. The second-order valence-corrected chi connectivity index (χ2v) is 9.63. The molecule has 3 fully saturated rings. The van der Waals surface area contributed by atoms with Crippen molar-refractivity contribution >= 4 is 5.96 Å². The first-order valence-electron chi connectivity index (χ1n) is 12.1. The van der Waals surface area contributed by atoms with Gasteiger partial charge in [-0.2, -0.15) is 0 Å². The SMILES string of the molecule is CN=C(NCCCCN1CCC(Cc2ccccc2)CC1)N1CCC2(CCOC2)C1. The first kappa shape index (κ1) is 21.6. The van der Waals surface area contributed by atoms with Crippen LogP contribution in [0.2, 0.25) is 0 Å². The van der Waals surface area contributed by atoms with Gasteiger partial charge in [-0.25, -0.2) is 0 Å². The lowest BCUT2D eigenvalue weighted by atomic mass is 9.87. The summed E-state index contributed by atoms with van der Waals surface area (Å²) in [5.74, 6) is 1.95. The zero-order chi connectivity index (χ0) is 20.7. The molecule has 166 valence electrons. The summed E-state index contributed by atoms with van der Waals surface area (Å²) in [7, 11) is 1.91. The highest BCUT2D eigenvalue weighted by atomic mass is 16.5. The molecule has 1 spiro atoms. The molecule has 0 aromatic heterocycles. The number of guanidine groups is 1. The van der Waals surface area contributed by atoms with E-state index in [0.29, 0.717) is 5.41 Å². The lowest BCUT2D eigenvalue weighted by Crippen LogP contribution is -2.42. The molecule has 3 aliphatic rings. The maximum atomic E-state index is 5.66. The summed E-state index contributed by atoms with van der Waals surface area (Å²) in [4.78, 5) is 9.64. The summed E-state index contributed by atoms with van der Waals surface area (Å²) in [5.41, 5.74) is 1.89. The molecule has 0 saturated carbocycles. The molecule has 1 aromatic rings. The van der Waals surface area contributed by atoms with Crippen LogP contribution in [-0.4, -0.2) is 75.3 Å². The first-order chi connectivity index (χ1) is 14.8. The van der Waals surface area contributed by atoms with Crippen molar-refractivity contribution in [3.63, 3.8) is 0 Å². The minimum Gasteiger partial charge on any atom is -0.381 e. The molecule has 30 heavy (non-hydrogen) atoms. The largest absolute Gasteiger partial charge is 0.381 e. The highest BCUT2D eigenvalue weighted by molar-refractivity contribution is 5.80. The van der Waals surface area contributed by atoms with Crippen LogP contribution in [-0.2, 0) is 11.2 Å². The summed E-state index contributed by atoms with van der Waals surface area (Å²) in [6.45, 7) is 8.88. The van der Waals surface area contributed by atoms with E-state index in [9.17, 15) is 0 Å². The highest BCUT2D eigenvalue weighted by Crippen LogP contribution is 2.38. The molecule has 3 aliphatic heterocycles. The zero-order valence-corrected chi connectivity index (χ0v) is 18.8. The average molecular weight is 413 g/mol. The predicted molar refractivity (Wildman–Crippen MR) is 124 cm³/mol. The Hall–Kier alpha value is -1.59. The lowest BCUT2D eigenvalue weighted by molar-refractivity contribution is 0.156. The molecule has 5 heteroatoms. The standard InChI is InChI=1S/C25H40N4O/c1-26-24(29-17-11-25(20-29)12-18-30-21-25)27-13-5-6-14-28-15-9-23(10-16-28)19-22-7-3-2-4-8-22/h2-4,7-8,23H,5-6,9-21H2,1H3,(H,26,27). The molecule has 0 aliphatic carbocycles. The van der Waals surface area contributed by atoms with E-state index in [0.717, 1.165) is 44.7 Å². The first-order valence-corrected chi connectivity index (χ1v) is 12.1. The number of hydrogen-bond donors (Lipinski definition) is 1. The number of unbranched alkanes of at least 4 members (excludes halogenated alkanes) is 1. The van der Waals surface area contributed by atoms with Gasteiger partial charge in [-0.3, -0.25) is 4.99 Å². The van der Waals surface area contributed by atoms with Crippen LogP contribution >= 0.6 is 0 Å². The Morgan fingerprint density at radius 3 is 2.70 bits per heavy atom. The maximum Gasteiger partial charge on any atom is 0.193 e. The van der Waals surface area contributed by atoms with Crippen LogP contribution in [0.25, 0.3) is 0 Å². The quantitative estimate of drug-likeness (QED) is 0.423. The summed E-state index contributed by atoms with van der Waals surface area (Å²) in [6.07, 6.45) is 8.88. The van der Waals surface area contributed by atoms with Crippen molar-refractivity contribution in [2.45, 2.75) is 44.9 Å². The Kier molecular flexibility index (Phi) is 7.67. The molecule has 1 N–H and O–H groups in total. The fraction of sp³-hybridized carbons (Fsp3) is 0.720. The Balaban J connectivity index is 1.08. The molecule has 1 aromatic carbocycles. The smallest absolute Gasteiger partial charge is 0.193 e. The van der Waals surface area contributed by atoms with Gasteiger partial charge in [0.05, 0.1) is 6.61 Å². The van der Waals surface area contributed by atoms with Crippen molar-refractivity contribution < 1.29 is 4.74 Å². The maximum absolute atomic E-state index is 5.66. The number of benzene rings is 1. The molecule has 0 bridgehead atoms. The fourth-order valence-electron chi connectivity index (χ4n) is 5.44. The third kappa shape index (κ3) is 5.76. The van der Waals surface area contributed by atoms with Crippen molar-refractivity contribution in [3.8, 4) is 0 Å². The van der Waals surface area contributed by atoms with Crippen molar-refractivity contribution in [1.82, 2.24) is 15.1 Å². The number of nitrogens with zero attached hydrogens (tertiary/aromatic N) is 3. The van der Waals surface area contributed by atoms with Crippen molar-refractivity contribution in [3.05, 3.63) is 35.9 Å². The van der Waals surface area contributed by atoms with Crippen LogP contribution < -0.4 is 5.32 Å². The second kappa shape index (κ2) is 10.6. The number of aliphatic imine (C=N–C) groups is 1. The van der Waals surface area contributed by atoms with E-state index in [2.05, 4.69) is 50.4 Å². The summed E-state index contributed by atoms with van der Waals surface area (Å²) in [5, 5.41) is 3.61. The highest BCUT2D eigenvalue weighted by Gasteiger charge is 2.42. The lowest BCUT2D eigenvalue weighted by Gasteiger charge is -2.32. The topological polar surface area (TPSA) is 40.1 Å². The number of nitrogens with one attached hydrogen (secondary N) is 1. The van der Waals surface area contributed by atoms with Crippen LogP contribution in [0.4, 0.5) is 0 Å². The second-order valence-electron chi connectivity index (χ2n) is 9.63. The van der Waals surface area contributed by atoms with Crippen LogP contribution in [0.5, 0.6) is 0 Å². The van der Waals surface area contributed by atoms with Gasteiger partial charge in [0.2, 0.25) is 0 Å². The summed E-state index contributed by atoms with van der Waals surface area (Å²) in [6, 6.07) is 11.0. The molecule has 3 saturated heterocycles. The van der Waals surface area contributed by atoms with Gasteiger partial charge in [-0.1, -0.05) is 30.3 Å². The monoisotopic (exact) mass is 412 g/mol. The molecule has 1 atom stereocenters. The van der Waals surface area contributed by atoms with E-state index in [4.69, 9.17) is 4.74 Å². The Bertz CT molecular complexity index is 663. The minimum absolute atomic E-state index is 0.393. The molecule has 3 heterocycles. The van der Waals surface area contributed by atoms with E-state index in [1.54, 1.807) is 0 Å². The summed E-state index contributed by atoms with van der Waals surface area (Å²) < 4.78 is 5.66. The van der Waals surface area contributed by atoms with E-state index in [1.807, 2.05) is 7.05 Å². The van der Waals surface area contributed by atoms with Crippen LogP contribution in [0, 0.1) is 11.3 Å². The van der Waals surface area contributed by atoms with Crippen LogP contribution in [0.15, 0.2) is 35.3 Å². The van der Waals surface area contributed by atoms with E-state index in [-0.39, 0.29) is 0 Å². The van der Waals surface area contributed by atoms with E-state index < -0.39 is 0 Å². The number of piperidine rings is 1. The van der Waals surface area contributed by atoms with Crippen molar-refractivity contribution in [2.75, 3.05) is 59.5 Å². The average Bonchev–Trinajstić information content (AvgIpc) is 3.42. The number of rotatable bonds is 7. The van der Waals surface area contributed by atoms with Gasteiger partial charge < -0.3 is 19.9 Å². The Morgan fingerprint density at radius 1 is 1.13 bits per heavy atom. The molecule has 5 nitrogen and oxygen atoms in total. The number of hydrogen-bond acceptors (Lipinski definition) is 3. The fourth-order valence-corrected chi connectivity index (χ4v) is 5.44. The van der Waals surface area contributed by atoms with Crippen LogP contribution in [0.1, 0.15) is 44.1 Å². The molecule has 0 amide bonds. The molecular formula is C25H40N4O. The zero-order valence-electron chi connectivity index (χ0n) is 18.8. The van der Waals surface area contributed by atoms with Gasteiger partial charge >= 0.3 is 0 Å². The molecule has 0 radical (unpaired) electrons. The third-order valence-corrected chi connectivity index (χ3v) is 7.39. The molecular weight excluding hydrogens is 372 g/mol. The normalized spacial score (nSPS) is 26.0. The van der Waals surface area contributed by atoms with Crippen molar-refractivity contribution in [1.29, 1.82) is 0 Å². The van der Waals surface area contributed by atoms with Gasteiger partial charge in [0.25, 0.3) is 0 Å². The van der Waals surface area contributed by atoms with Gasteiger partial charge in [0.1, 0.15) is 0 Å². The van der Waals surface area contributed by atoms with Gasteiger partial charge in [0, 0.05) is 38.7 Å². The van der Waals surface area contributed by atoms with Crippen LogP contribution in [0.3, 0.4) is 0 Å². The van der Waals surface area contributed by atoms with E-state index in [1.165, 1.54) is 70.1 Å². The molecule has 4 rings (SSSR count). The third-order valence-electron chi connectivity index (χ3n) is 7.39. The van der Waals surface area contributed by atoms with Gasteiger partial charge in [-0.15, -0.1) is 0 Å². The van der Waals surface area contributed by atoms with Gasteiger partial charge in [0.15, 0.2) is 5.96 Å². The number of ether oxygens (including phenoxy) is 1. The van der Waals surface area contributed by atoms with Gasteiger partial charge in [-0.05, 0) is 76.1 Å². The van der Waals surface area contributed by atoms with E-state index >= 15 is 0 Å². The number of likely N-dealkylation sites (tertiary alicyclic amines) is 2. The minimum atomic E-state index is 0.393. The Labute approximate surface area is 182 Å². The predicted octanol–water partition coefficient (Wildman–Crippen LogP) is 3.41. The summed E-state index contributed by atoms with van der Waals surface area (Å²) >= 11 is 0.